The molecule has 1 aliphatic rings. The number of rotatable bonds is 4. The molecule has 1 N–H and O–H groups in total. The molecular formula is C12H14Cl2N2O3S. The van der Waals surface area contributed by atoms with Gasteiger partial charge in [0.15, 0.2) is 0 Å². The standard InChI is InChI=1S/C12H14Cl2N2O3S/c13-10-6-9(7-11(14)8-10)12(17)15-2-4-16-3-1-5-20(16,18)19/h6-8H,1-5H2,(H,15,17). The van der Waals surface area contributed by atoms with Crippen molar-refractivity contribution in [3.05, 3.63) is 33.8 Å². The zero-order chi connectivity index (χ0) is 14.8. The van der Waals surface area contributed by atoms with Gasteiger partial charge in [0.25, 0.3) is 5.91 Å². The van der Waals surface area contributed by atoms with Gasteiger partial charge in [0.05, 0.1) is 5.75 Å². The van der Waals surface area contributed by atoms with E-state index in [1.165, 1.54) is 22.5 Å². The van der Waals surface area contributed by atoms with Crippen molar-refractivity contribution in [2.24, 2.45) is 0 Å². The van der Waals surface area contributed by atoms with Crippen molar-refractivity contribution in [2.75, 3.05) is 25.4 Å². The van der Waals surface area contributed by atoms with Gasteiger partial charge < -0.3 is 5.32 Å². The van der Waals surface area contributed by atoms with E-state index in [0.29, 0.717) is 28.6 Å². The van der Waals surface area contributed by atoms with Crippen LogP contribution in [0.3, 0.4) is 0 Å². The van der Waals surface area contributed by atoms with E-state index in [1.807, 2.05) is 0 Å². The van der Waals surface area contributed by atoms with Gasteiger partial charge in [-0.1, -0.05) is 23.2 Å². The van der Waals surface area contributed by atoms with Crippen molar-refractivity contribution in [1.29, 1.82) is 0 Å². The number of nitrogens with zero attached hydrogens (tertiary/aromatic N) is 1. The van der Waals surface area contributed by atoms with Crippen LogP contribution in [0.25, 0.3) is 0 Å². The first-order valence-corrected chi connectivity index (χ1v) is 8.47. The summed E-state index contributed by atoms with van der Waals surface area (Å²) in [6.45, 7) is 1.05. The summed E-state index contributed by atoms with van der Waals surface area (Å²) in [6.07, 6.45) is 0.639. The second-order valence-corrected chi connectivity index (χ2v) is 7.44. The Hall–Kier alpha value is -0.820. The van der Waals surface area contributed by atoms with E-state index in [9.17, 15) is 13.2 Å². The van der Waals surface area contributed by atoms with Gasteiger partial charge in [-0.05, 0) is 24.6 Å². The number of benzene rings is 1. The number of carbonyl (C=O) groups is 1. The average molecular weight is 337 g/mol. The van der Waals surface area contributed by atoms with E-state index in [1.54, 1.807) is 0 Å². The van der Waals surface area contributed by atoms with Crippen LogP contribution in [0, 0.1) is 0 Å². The highest BCUT2D eigenvalue weighted by molar-refractivity contribution is 7.89. The fourth-order valence-electron chi connectivity index (χ4n) is 2.02. The number of halogens is 2. The second-order valence-electron chi connectivity index (χ2n) is 4.48. The molecule has 8 heteroatoms. The minimum Gasteiger partial charge on any atom is -0.351 e. The van der Waals surface area contributed by atoms with Crippen molar-refractivity contribution in [3.8, 4) is 0 Å². The molecule has 1 aromatic rings. The molecule has 0 saturated carbocycles. The van der Waals surface area contributed by atoms with Gasteiger partial charge in [0.1, 0.15) is 0 Å². The number of sulfonamides is 1. The van der Waals surface area contributed by atoms with Crippen LogP contribution in [0.1, 0.15) is 16.8 Å². The maximum atomic E-state index is 11.9. The Kier molecular flexibility index (Phi) is 4.90. The molecule has 0 aromatic heterocycles. The monoisotopic (exact) mass is 336 g/mol. The summed E-state index contributed by atoms with van der Waals surface area (Å²) >= 11 is 11.6. The van der Waals surface area contributed by atoms with Crippen molar-refractivity contribution < 1.29 is 13.2 Å². The van der Waals surface area contributed by atoms with Gasteiger partial charge in [-0.25, -0.2) is 12.7 Å². The third kappa shape index (κ3) is 3.85. The molecule has 0 bridgehead atoms. The van der Waals surface area contributed by atoms with Crippen molar-refractivity contribution in [2.45, 2.75) is 6.42 Å². The van der Waals surface area contributed by atoms with Gasteiger partial charge in [-0.3, -0.25) is 4.79 Å². The lowest BCUT2D eigenvalue weighted by molar-refractivity contribution is 0.0952. The van der Waals surface area contributed by atoms with Crippen molar-refractivity contribution >= 4 is 39.1 Å². The van der Waals surface area contributed by atoms with Crippen LogP contribution in [0.15, 0.2) is 18.2 Å². The average Bonchev–Trinajstić information content (AvgIpc) is 2.67. The normalized spacial score (nSPS) is 18.1. The minimum absolute atomic E-state index is 0.185. The first-order valence-electron chi connectivity index (χ1n) is 6.10. The van der Waals surface area contributed by atoms with Crippen LogP contribution in [-0.2, 0) is 10.0 Å². The summed E-state index contributed by atoms with van der Waals surface area (Å²) in [4.78, 5) is 11.9. The Morgan fingerprint density at radius 1 is 1.25 bits per heavy atom. The number of hydrogen-bond donors (Lipinski definition) is 1. The summed E-state index contributed by atoms with van der Waals surface area (Å²) in [5, 5.41) is 3.41. The lowest BCUT2D eigenvalue weighted by Crippen LogP contribution is -2.35. The van der Waals surface area contributed by atoms with Crippen LogP contribution >= 0.6 is 23.2 Å². The zero-order valence-electron chi connectivity index (χ0n) is 10.6. The molecular weight excluding hydrogens is 323 g/mol. The maximum absolute atomic E-state index is 11.9. The summed E-state index contributed by atoms with van der Waals surface area (Å²) in [7, 11) is -3.12. The molecule has 0 spiro atoms. The number of carbonyl (C=O) groups excluding carboxylic acids is 1. The third-order valence-corrected chi connectivity index (χ3v) is 5.37. The Labute approximate surface area is 127 Å². The van der Waals surface area contributed by atoms with Gasteiger partial charge in [0.2, 0.25) is 10.0 Å². The molecule has 0 aliphatic carbocycles. The van der Waals surface area contributed by atoms with Crippen LogP contribution in [0.5, 0.6) is 0 Å². The third-order valence-electron chi connectivity index (χ3n) is 2.97. The van der Waals surface area contributed by atoms with Crippen molar-refractivity contribution in [1.82, 2.24) is 9.62 Å². The van der Waals surface area contributed by atoms with Crippen LogP contribution in [0.4, 0.5) is 0 Å². The molecule has 110 valence electrons. The van der Waals surface area contributed by atoms with Crippen LogP contribution < -0.4 is 5.32 Å². The Morgan fingerprint density at radius 2 is 1.90 bits per heavy atom. The molecule has 1 fully saturated rings. The topological polar surface area (TPSA) is 66.5 Å². The van der Waals surface area contributed by atoms with Gasteiger partial charge in [0, 0.05) is 35.2 Å². The molecule has 0 atom stereocenters. The fourth-order valence-corrected chi connectivity index (χ4v) is 4.08. The predicted molar refractivity (Wildman–Crippen MR) is 78.8 cm³/mol. The summed E-state index contributed by atoms with van der Waals surface area (Å²) in [6, 6.07) is 4.56. The Bertz CT molecular complexity index is 599. The molecule has 20 heavy (non-hydrogen) atoms. The molecule has 1 aliphatic heterocycles. The highest BCUT2D eigenvalue weighted by atomic mass is 35.5. The predicted octanol–water partition coefficient (Wildman–Crippen LogP) is 1.76. The first kappa shape index (κ1) is 15.6. The quantitative estimate of drug-likeness (QED) is 0.910. The largest absolute Gasteiger partial charge is 0.351 e. The number of hydrogen-bond acceptors (Lipinski definition) is 3. The summed E-state index contributed by atoms with van der Waals surface area (Å²) in [5.41, 5.74) is 0.353. The molecule has 2 rings (SSSR count). The smallest absolute Gasteiger partial charge is 0.251 e. The van der Waals surface area contributed by atoms with Crippen LogP contribution in [0.2, 0.25) is 10.0 Å². The minimum atomic E-state index is -3.12. The first-order chi connectivity index (χ1) is 9.38. The Morgan fingerprint density at radius 3 is 2.45 bits per heavy atom. The highest BCUT2D eigenvalue weighted by Crippen LogP contribution is 2.19. The zero-order valence-corrected chi connectivity index (χ0v) is 12.9. The molecule has 1 heterocycles. The molecule has 5 nitrogen and oxygen atoms in total. The maximum Gasteiger partial charge on any atom is 0.251 e. The lowest BCUT2D eigenvalue weighted by Gasteiger charge is -2.14. The van der Waals surface area contributed by atoms with E-state index in [4.69, 9.17) is 23.2 Å². The molecule has 1 saturated heterocycles. The van der Waals surface area contributed by atoms with Crippen LogP contribution in [-0.4, -0.2) is 44.0 Å². The second kappa shape index (κ2) is 6.30. The molecule has 0 unspecified atom stereocenters. The van der Waals surface area contributed by atoms with Gasteiger partial charge in [-0.15, -0.1) is 0 Å². The lowest BCUT2D eigenvalue weighted by atomic mass is 10.2. The van der Waals surface area contributed by atoms with E-state index in [0.717, 1.165) is 0 Å². The molecule has 1 amide bonds. The van der Waals surface area contributed by atoms with E-state index in [2.05, 4.69) is 5.32 Å². The SMILES string of the molecule is O=C(NCCN1CCCS1(=O)=O)c1cc(Cl)cc(Cl)c1. The van der Waals surface area contributed by atoms with E-state index >= 15 is 0 Å². The van der Waals surface area contributed by atoms with Gasteiger partial charge >= 0.3 is 0 Å². The summed E-state index contributed by atoms with van der Waals surface area (Å²) in [5.74, 6) is -0.142. The highest BCUT2D eigenvalue weighted by Gasteiger charge is 2.27. The molecule has 0 radical (unpaired) electrons. The van der Waals surface area contributed by atoms with E-state index < -0.39 is 10.0 Å². The van der Waals surface area contributed by atoms with E-state index in [-0.39, 0.29) is 24.7 Å². The number of amides is 1. The molecule has 1 aromatic carbocycles. The Balaban J connectivity index is 1.89. The van der Waals surface area contributed by atoms with Gasteiger partial charge in [-0.2, -0.15) is 0 Å². The van der Waals surface area contributed by atoms with Crippen molar-refractivity contribution in [3.63, 3.8) is 0 Å². The summed E-state index contributed by atoms with van der Waals surface area (Å²) < 4.78 is 24.5. The fraction of sp³-hybridized carbons (Fsp3) is 0.417. The number of nitrogens with one attached hydrogen (secondary N) is 1.